The molecule has 10 heteroatoms. The molecular weight excluding hydrogens is 549 g/mol. The van der Waals surface area contributed by atoms with E-state index >= 15 is 13.2 Å². The van der Waals surface area contributed by atoms with E-state index in [0.29, 0.717) is 11.5 Å². The SMILES string of the molecule is COc1ccc(CCN2C(=O)[C@](NC(=O)c3ccc(OC(C)C)cc3)(C(F)(F)F)C(C(=O)c3ccccc3)=C2C)cc1. The Hall–Kier alpha value is -4.60. The minimum atomic E-state index is -5.35. The van der Waals surface area contributed by atoms with Crippen molar-refractivity contribution in [2.45, 2.75) is 45.0 Å². The Kier molecular flexibility index (Phi) is 8.75. The predicted molar refractivity (Wildman–Crippen MR) is 150 cm³/mol. The molecule has 7 nitrogen and oxygen atoms in total. The molecule has 4 rings (SSSR count). The van der Waals surface area contributed by atoms with Crippen LogP contribution in [0.1, 0.15) is 47.1 Å². The fraction of sp³-hybridized carbons (Fsp3) is 0.281. The van der Waals surface area contributed by atoms with Crippen LogP contribution in [0.3, 0.4) is 0 Å². The summed E-state index contributed by atoms with van der Waals surface area (Å²) in [6, 6.07) is 19.7. The molecule has 3 aromatic carbocycles. The van der Waals surface area contributed by atoms with E-state index in [-0.39, 0.29) is 35.9 Å². The molecule has 2 amide bonds. The summed E-state index contributed by atoms with van der Waals surface area (Å²) < 4.78 is 56.2. The number of halogens is 3. The van der Waals surface area contributed by atoms with Crippen molar-refractivity contribution in [1.29, 1.82) is 0 Å². The summed E-state index contributed by atoms with van der Waals surface area (Å²) in [7, 11) is 1.51. The molecule has 0 spiro atoms. The summed E-state index contributed by atoms with van der Waals surface area (Å²) in [6.45, 7) is 4.75. The largest absolute Gasteiger partial charge is 0.497 e. The number of methoxy groups -OCH3 is 1. The number of benzene rings is 3. The number of hydrogen-bond donors (Lipinski definition) is 1. The highest BCUT2D eigenvalue weighted by Crippen LogP contribution is 2.46. The molecule has 1 atom stereocenters. The first kappa shape index (κ1) is 30.4. The minimum Gasteiger partial charge on any atom is -0.497 e. The Bertz CT molecular complexity index is 1480. The van der Waals surface area contributed by atoms with Crippen molar-refractivity contribution in [3.05, 3.63) is 107 Å². The van der Waals surface area contributed by atoms with Crippen LogP contribution in [-0.4, -0.2) is 54.0 Å². The molecule has 0 aromatic heterocycles. The Balaban J connectivity index is 1.76. The van der Waals surface area contributed by atoms with Crippen molar-refractivity contribution in [3.8, 4) is 11.5 Å². The van der Waals surface area contributed by atoms with E-state index in [1.54, 1.807) is 44.2 Å². The van der Waals surface area contributed by atoms with E-state index in [0.717, 1.165) is 10.5 Å². The van der Waals surface area contributed by atoms with Crippen LogP contribution in [0.5, 0.6) is 11.5 Å². The van der Waals surface area contributed by atoms with Gasteiger partial charge in [-0.25, -0.2) is 0 Å². The van der Waals surface area contributed by atoms with Crippen LogP contribution in [-0.2, 0) is 11.2 Å². The molecule has 0 radical (unpaired) electrons. The van der Waals surface area contributed by atoms with E-state index < -0.39 is 34.9 Å². The summed E-state index contributed by atoms with van der Waals surface area (Å²) in [5.74, 6) is -2.60. The number of rotatable bonds is 10. The number of Topliss-reactive ketones (excluding diaryl/α,β-unsaturated/α-hetero) is 1. The lowest BCUT2D eigenvalue weighted by Gasteiger charge is -2.33. The Morgan fingerprint density at radius 1 is 0.905 bits per heavy atom. The van der Waals surface area contributed by atoms with Crippen LogP contribution in [0, 0.1) is 0 Å². The average Bonchev–Trinajstić information content (AvgIpc) is 3.18. The molecule has 0 aliphatic carbocycles. The van der Waals surface area contributed by atoms with Crippen molar-refractivity contribution in [2.75, 3.05) is 13.7 Å². The minimum absolute atomic E-state index is 0.0466. The number of carbonyl (C=O) groups is 3. The van der Waals surface area contributed by atoms with Gasteiger partial charge in [-0.05, 0) is 69.2 Å². The monoisotopic (exact) mass is 580 g/mol. The van der Waals surface area contributed by atoms with E-state index in [1.807, 2.05) is 5.32 Å². The summed E-state index contributed by atoms with van der Waals surface area (Å²) in [5.41, 5.74) is -4.06. The highest BCUT2D eigenvalue weighted by molar-refractivity contribution is 6.19. The molecule has 1 heterocycles. The van der Waals surface area contributed by atoms with Crippen molar-refractivity contribution in [3.63, 3.8) is 0 Å². The normalized spacial score (nSPS) is 17.0. The van der Waals surface area contributed by atoms with Crippen LogP contribution in [0.4, 0.5) is 13.2 Å². The van der Waals surface area contributed by atoms with Gasteiger partial charge in [-0.15, -0.1) is 0 Å². The molecule has 1 N–H and O–H groups in total. The van der Waals surface area contributed by atoms with E-state index in [9.17, 15) is 14.4 Å². The van der Waals surface area contributed by atoms with Gasteiger partial charge in [-0.2, -0.15) is 13.2 Å². The first-order valence-corrected chi connectivity index (χ1v) is 13.3. The quantitative estimate of drug-likeness (QED) is 0.309. The van der Waals surface area contributed by atoms with Crippen molar-refractivity contribution in [1.82, 2.24) is 10.2 Å². The second-order valence-corrected chi connectivity index (χ2v) is 10.1. The average molecular weight is 581 g/mol. The number of alkyl halides is 3. The molecule has 0 fully saturated rings. The first-order valence-electron chi connectivity index (χ1n) is 13.3. The van der Waals surface area contributed by atoms with E-state index in [1.165, 1.54) is 62.6 Å². The third-order valence-corrected chi connectivity index (χ3v) is 6.97. The van der Waals surface area contributed by atoms with Gasteiger partial charge in [0.25, 0.3) is 11.8 Å². The maximum atomic E-state index is 15.2. The van der Waals surface area contributed by atoms with Gasteiger partial charge in [0.1, 0.15) is 11.5 Å². The summed E-state index contributed by atoms with van der Waals surface area (Å²) in [5, 5.41) is 1.94. The smallest absolute Gasteiger partial charge is 0.425 e. The number of nitrogens with one attached hydrogen (secondary N) is 1. The highest BCUT2D eigenvalue weighted by atomic mass is 19.4. The molecule has 42 heavy (non-hydrogen) atoms. The van der Waals surface area contributed by atoms with Gasteiger partial charge in [-0.1, -0.05) is 42.5 Å². The summed E-state index contributed by atoms with van der Waals surface area (Å²) in [4.78, 5) is 41.8. The molecule has 1 aliphatic rings. The number of hydrogen-bond acceptors (Lipinski definition) is 5. The predicted octanol–water partition coefficient (Wildman–Crippen LogP) is 5.76. The fourth-order valence-electron chi connectivity index (χ4n) is 4.89. The van der Waals surface area contributed by atoms with Gasteiger partial charge in [0, 0.05) is 23.4 Å². The standard InChI is InChI=1S/C32H31F3N2O5/c1-20(2)42-26-16-12-24(13-17-26)29(39)36-31(32(33,34)35)27(28(38)23-8-6-5-7-9-23)21(3)37(30(31)40)19-18-22-10-14-25(41-4)15-11-22/h5-17,20H,18-19H2,1-4H3,(H,36,39)/t31-/m0/s1. The lowest BCUT2D eigenvalue weighted by Crippen LogP contribution is -2.66. The van der Waals surface area contributed by atoms with Crippen molar-refractivity contribution < 1.29 is 37.0 Å². The number of ketones is 1. The molecule has 0 bridgehead atoms. The second-order valence-electron chi connectivity index (χ2n) is 10.1. The highest BCUT2D eigenvalue weighted by Gasteiger charge is 2.70. The third-order valence-electron chi connectivity index (χ3n) is 6.97. The van der Waals surface area contributed by atoms with Gasteiger partial charge in [0.15, 0.2) is 5.78 Å². The van der Waals surface area contributed by atoms with Gasteiger partial charge >= 0.3 is 6.18 Å². The zero-order chi connectivity index (χ0) is 30.7. The Morgan fingerprint density at radius 3 is 2.05 bits per heavy atom. The maximum absolute atomic E-state index is 15.2. The number of carbonyl (C=O) groups excluding carboxylic acids is 3. The number of nitrogens with zero attached hydrogens (tertiary/aromatic N) is 1. The van der Waals surface area contributed by atoms with Crippen LogP contribution in [0.25, 0.3) is 0 Å². The lowest BCUT2D eigenvalue weighted by atomic mass is 9.84. The Morgan fingerprint density at radius 2 is 1.50 bits per heavy atom. The molecular formula is C32H31F3N2O5. The maximum Gasteiger partial charge on any atom is 0.425 e. The number of allylic oxidation sites excluding steroid dienone is 1. The van der Waals surface area contributed by atoms with E-state index in [2.05, 4.69) is 0 Å². The van der Waals surface area contributed by atoms with E-state index in [4.69, 9.17) is 9.47 Å². The second kappa shape index (κ2) is 12.1. The van der Waals surface area contributed by atoms with Gasteiger partial charge < -0.3 is 19.7 Å². The fourth-order valence-corrected chi connectivity index (χ4v) is 4.89. The molecule has 220 valence electrons. The number of amides is 2. The summed E-state index contributed by atoms with van der Waals surface area (Å²) in [6.07, 6.45) is -5.31. The van der Waals surface area contributed by atoms with Crippen molar-refractivity contribution in [2.24, 2.45) is 0 Å². The lowest BCUT2D eigenvalue weighted by molar-refractivity contribution is -0.189. The zero-order valence-corrected chi connectivity index (χ0v) is 23.6. The molecule has 0 saturated heterocycles. The van der Waals surface area contributed by atoms with Gasteiger partial charge in [0.05, 0.1) is 18.8 Å². The molecule has 0 unspecified atom stereocenters. The van der Waals surface area contributed by atoms with Gasteiger partial charge in [-0.3, -0.25) is 14.4 Å². The first-order chi connectivity index (χ1) is 19.9. The van der Waals surface area contributed by atoms with Crippen LogP contribution >= 0.6 is 0 Å². The molecule has 1 aliphatic heterocycles. The van der Waals surface area contributed by atoms with Crippen molar-refractivity contribution >= 4 is 17.6 Å². The molecule has 0 saturated carbocycles. The van der Waals surface area contributed by atoms with Crippen LogP contribution < -0.4 is 14.8 Å². The van der Waals surface area contributed by atoms with Crippen LogP contribution in [0.2, 0.25) is 0 Å². The number of ether oxygens (including phenoxy) is 2. The van der Waals surface area contributed by atoms with Gasteiger partial charge in [0.2, 0.25) is 5.54 Å². The summed E-state index contributed by atoms with van der Waals surface area (Å²) >= 11 is 0. The molecule has 3 aromatic rings. The van der Waals surface area contributed by atoms with Crippen LogP contribution in [0.15, 0.2) is 90.1 Å². The third kappa shape index (κ3) is 5.88. The topological polar surface area (TPSA) is 84.9 Å². The zero-order valence-electron chi connectivity index (χ0n) is 23.6. The Labute approximate surface area is 241 Å².